The fourth-order valence-electron chi connectivity index (χ4n) is 7.85. The van der Waals surface area contributed by atoms with Crippen molar-refractivity contribution in [2.75, 3.05) is 38.1 Å². The number of rotatable bonds is 4. The van der Waals surface area contributed by atoms with Crippen molar-refractivity contribution in [3.05, 3.63) is 22.8 Å². The number of phenols is 1. The quantitative estimate of drug-likeness (QED) is 0.540. The van der Waals surface area contributed by atoms with Crippen molar-refractivity contribution in [1.29, 1.82) is 0 Å². The van der Waals surface area contributed by atoms with E-state index < -0.39 is 64.1 Å². The number of likely N-dealkylation sites (N-methyl/N-ethyl adjacent to an activating group) is 1. The average Bonchev–Trinajstić information content (AvgIpc) is 2.86. The SMILES string of the molecule is CC(=O)C1C(=O)C(C(C)C)[C@H]2C[C@H]3Cc4c(C(C)C)cc(N5CCN(C)CC5)c(O)c4C(=O)C3C(=O)[C@@]2(O)C1=O. The lowest BCUT2D eigenvalue weighted by Crippen LogP contribution is -2.70. The maximum atomic E-state index is 14.2. The van der Waals surface area contributed by atoms with Crippen LogP contribution in [0, 0.1) is 35.5 Å². The Bertz CT molecular complexity index is 1310. The van der Waals surface area contributed by atoms with Crippen molar-refractivity contribution in [2.45, 2.75) is 59.0 Å². The number of fused-ring (bicyclic) bond motifs is 3. The summed E-state index contributed by atoms with van der Waals surface area (Å²) in [5.41, 5.74) is -0.322. The van der Waals surface area contributed by atoms with E-state index >= 15 is 0 Å². The molecular weight excluding hydrogens is 512 g/mol. The van der Waals surface area contributed by atoms with Gasteiger partial charge in [0.05, 0.1) is 17.2 Å². The number of ketones is 5. The van der Waals surface area contributed by atoms with Crippen LogP contribution in [0.4, 0.5) is 5.69 Å². The number of aliphatic hydroxyl groups is 1. The molecule has 2 N–H and O–H groups in total. The van der Waals surface area contributed by atoms with Crippen LogP contribution < -0.4 is 4.90 Å². The van der Waals surface area contributed by atoms with Gasteiger partial charge in [-0.2, -0.15) is 0 Å². The van der Waals surface area contributed by atoms with Crippen LogP contribution in [0.3, 0.4) is 0 Å². The number of phenolic OH excluding ortho intramolecular Hbond substituents is 1. The highest BCUT2D eigenvalue weighted by Crippen LogP contribution is 2.54. The maximum Gasteiger partial charge on any atom is 0.190 e. The Balaban J connectivity index is 1.64. The molecule has 0 spiro atoms. The molecular formula is C31H40N2O7. The number of Topliss-reactive ketones (excluding diaryl/α,β-unsaturated/α-hetero) is 5. The summed E-state index contributed by atoms with van der Waals surface area (Å²) in [5.74, 6) is -9.79. The molecule has 9 nitrogen and oxygen atoms in total. The van der Waals surface area contributed by atoms with E-state index in [1.54, 1.807) is 13.8 Å². The molecule has 0 radical (unpaired) electrons. The summed E-state index contributed by atoms with van der Waals surface area (Å²) in [6, 6.07) is 1.96. The average molecular weight is 553 g/mol. The summed E-state index contributed by atoms with van der Waals surface area (Å²) in [6.07, 6.45) is 0.443. The molecule has 0 amide bonds. The smallest absolute Gasteiger partial charge is 0.190 e. The first kappa shape index (κ1) is 28.6. The van der Waals surface area contributed by atoms with Gasteiger partial charge in [-0.05, 0) is 61.8 Å². The van der Waals surface area contributed by atoms with Gasteiger partial charge in [-0.3, -0.25) is 24.0 Å². The van der Waals surface area contributed by atoms with Gasteiger partial charge in [0.25, 0.3) is 0 Å². The molecule has 1 aromatic rings. The number of hydrogen-bond acceptors (Lipinski definition) is 9. The number of anilines is 1. The fraction of sp³-hybridized carbons (Fsp3) is 0.645. The minimum Gasteiger partial charge on any atom is -0.505 e. The van der Waals surface area contributed by atoms with Gasteiger partial charge in [0, 0.05) is 38.0 Å². The molecule has 3 aliphatic carbocycles. The standard InChI is InChI=1S/C31H40N2O7/c1-14(2)18-13-21(33-9-7-32(6)8-10-33)26(35)25-19(18)11-17-12-20-22(15(3)4)27(36)23(16(5)34)29(38)31(20,40)30(39)24(17)28(25)37/h13-15,17,20,22-24,35,40H,7-12H2,1-6H3/t17-,20-,22?,23?,24?,31+/m1/s1. The van der Waals surface area contributed by atoms with Crippen molar-refractivity contribution >= 4 is 34.6 Å². The number of piperazine rings is 1. The molecule has 6 atom stereocenters. The van der Waals surface area contributed by atoms with Gasteiger partial charge in [-0.15, -0.1) is 0 Å². The second-order valence-electron chi connectivity index (χ2n) is 13.0. The van der Waals surface area contributed by atoms with Gasteiger partial charge in [-0.25, -0.2) is 0 Å². The van der Waals surface area contributed by atoms with Crippen molar-refractivity contribution in [3.63, 3.8) is 0 Å². The normalized spacial score (nSPS) is 32.8. The Hall–Kier alpha value is -2.91. The highest BCUT2D eigenvalue weighted by Gasteiger charge is 2.69. The lowest BCUT2D eigenvalue weighted by atomic mass is 9.49. The Kier molecular flexibility index (Phi) is 7.06. The molecule has 1 saturated heterocycles. The minimum absolute atomic E-state index is 0.0405. The highest BCUT2D eigenvalue weighted by molar-refractivity contribution is 6.32. The third-order valence-corrected chi connectivity index (χ3v) is 9.92. The summed E-state index contributed by atoms with van der Waals surface area (Å²) < 4.78 is 0. The Morgan fingerprint density at radius 3 is 2.20 bits per heavy atom. The third-order valence-electron chi connectivity index (χ3n) is 9.92. The van der Waals surface area contributed by atoms with Crippen LogP contribution in [-0.4, -0.2) is 82.9 Å². The summed E-state index contributed by atoms with van der Waals surface area (Å²) in [6.45, 7) is 11.7. The Labute approximate surface area is 234 Å². The first-order valence-corrected chi connectivity index (χ1v) is 14.4. The van der Waals surface area contributed by atoms with Crippen LogP contribution in [0.25, 0.3) is 0 Å². The molecule has 40 heavy (non-hydrogen) atoms. The van der Waals surface area contributed by atoms with Crippen LogP contribution in [0.2, 0.25) is 0 Å². The topological polar surface area (TPSA) is 132 Å². The second kappa shape index (κ2) is 9.87. The Morgan fingerprint density at radius 2 is 1.65 bits per heavy atom. The molecule has 3 fully saturated rings. The molecule has 9 heteroatoms. The number of benzene rings is 1. The molecule has 3 unspecified atom stereocenters. The zero-order valence-electron chi connectivity index (χ0n) is 24.2. The number of carbonyl (C=O) groups excluding carboxylic acids is 5. The maximum absolute atomic E-state index is 14.2. The molecule has 2 saturated carbocycles. The van der Waals surface area contributed by atoms with E-state index in [1.807, 2.05) is 31.9 Å². The van der Waals surface area contributed by atoms with E-state index in [9.17, 15) is 34.2 Å². The molecule has 4 aliphatic rings. The van der Waals surface area contributed by atoms with Crippen molar-refractivity contribution in [2.24, 2.45) is 35.5 Å². The summed E-state index contributed by atoms with van der Waals surface area (Å²) >= 11 is 0. The van der Waals surface area contributed by atoms with E-state index in [2.05, 4.69) is 4.90 Å². The molecule has 216 valence electrons. The first-order chi connectivity index (χ1) is 18.7. The van der Waals surface area contributed by atoms with E-state index in [1.165, 1.54) is 0 Å². The van der Waals surface area contributed by atoms with Crippen LogP contribution >= 0.6 is 0 Å². The van der Waals surface area contributed by atoms with Gasteiger partial charge >= 0.3 is 0 Å². The van der Waals surface area contributed by atoms with Crippen molar-refractivity contribution < 1.29 is 34.2 Å². The number of hydrogen-bond donors (Lipinski definition) is 2. The van der Waals surface area contributed by atoms with Crippen LogP contribution in [0.15, 0.2) is 6.07 Å². The summed E-state index contributed by atoms with van der Waals surface area (Å²) in [5, 5.41) is 23.4. The molecule has 0 aromatic heterocycles. The first-order valence-electron chi connectivity index (χ1n) is 14.4. The van der Waals surface area contributed by atoms with Gasteiger partial charge in [-0.1, -0.05) is 27.7 Å². The van der Waals surface area contributed by atoms with E-state index in [0.29, 0.717) is 30.8 Å². The highest BCUT2D eigenvalue weighted by atomic mass is 16.3. The lowest BCUT2D eigenvalue weighted by molar-refractivity contribution is -0.182. The molecule has 1 aromatic carbocycles. The van der Waals surface area contributed by atoms with Gasteiger partial charge in [0.15, 0.2) is 28.7 Å². The van der Waals surface area contributed by atoms with Gasteiger partial charge in [0.2, 0.25) is 0 Å². The van der Waals surface area contributed by atoms with E-state index in [0.717, 1.165) is 25.6 Å². The van der Waals surface area contributed by atoms with Gasteiger partial charge in [0.1, 0.15) is 17.5 Å². The van der Waals surface area contributed by atoms with Gasteiger partial charge < -0.3 is 20.0 Å². The fourth-order valence-corrected chi connectivity index (χ4v) is 7.85. The zero-order chi connectivity index (χ0) is 29.4. The van der Waals surface area contributed by atoms with Crippen LogP contribution in [-0.2, 0) is 25.6 Å². The van der Waals surface area contributed by atoms with Crippen LogP contribution in [0.5, 0.6) is 5.75 Å². The molecule has 5 rings (SSSR count). The van der Waals surface area contributed by atoms with Crippen molar-refractivity contribution in [1.82, 2.24) is 4.90 Å². The molecule has 1 heterocycles. The van der Waals surface area contributed by atoms with E-state index in [4.69, 9.17) is 0 Å². The minimum atomic E-state index is -2.60. The molecule has 1 aliphatic heterocycles. The van der Waals surface area contributed by atoms with E-state index in [-0.39, 0.29) is 29.6 Å². The Morgan fingerprint density at radius 1 is 1.02 bits per heavy atom. The third kappa shape index (κ3) is 3.99. The predicted octanol–water partition coefficient (Wildman–Crippen LogP) is 2.19. The number of carbonyl (C=O) groups is 5. The zero-order valence-corrected chi connectivity index (χ0v) is 24.2. The number of aromatic hydroxyl groups is 1. The largest absolute Gasteiger partial charge is 0.505 e. The summed E-state index contributed by atoms with van der Waals surface area (Å²) in [7, 11) is 2.03. The van der Waals surface area contributed by atoms with Crippen LogP contribution in [0.1, 0.15) is 68.4 Å². The number of nitrogens with zero attached hydrogens (tertiary/aromatic N) is 2. The molecule has 0 bridgehead atoms. The summed E-state index contributed by atoms with van der Waals surface area (Å²) in [4.78, 5) is 71.9. The lowest BCUT2D eigenvalue weighted by Gasteiger charge is -2.52. The monoisotopic (exact) mass is 552 g/mol. The second-order valence-corrected chi connectivity index (χ2v) is 13.0. The predicted molar refractivity (Wildman–Crippen MR) is 147 cm³/mol. The van der Waals surface area contributed by atoms with Crippen molar-refractivity contribution in [3.8, 4) is 5.75 Å².